The quantitative estimate of drug-likeness (QED) is 0.0452. The van der Waals surface area contributed by atoms with Crippen LogP contribution in [0.5, 0.6) is 11.8 Å². The molecule has 2 aliphatic carbocycles. The number of pyridine rings is 1. The van der Waals surface area contributed by atoms with Crippen molar-refractivity contribution in [3.63, 3.8) is 0 Å². The minimum absolute atomic E-state index is 0.0667. The standard InChI is InChI=1S/C25H29N3O4.C13H12O4.C12H21N3O/c1-4-31-25(30)21-14-20(18-12-10-17(15-29)11-13-18)22-23(26-21)28(19-8-6-5-7-9-19)27-24(22)32-16(2)3;1-2-17-13(16)12(15)8-7-10-3-5-11(9-14)6-4-10;1-9(2)16-12-8-11(13)15(14-12)10-6-4-3-5-7-10/h10-16,19H,4-9H2,1-3H3;3-9H,2H2,1H3;8-10H,3-7,13H2,1-2H3/b;8-7+;. The van der Waals surface area contributed by atoms with Gasteiger partial charge in [0.2, 0.25) is 11.8 Å². The minimum Gasteiger partial charge on any atom is -0.474 e. The molecule has 2 fully saturated rings. The van der Waals surface area contributed by atoms with Crippen LogP contribution in [0.3, 0.4) is 0 Å². The molecule has 15 heteroatoms. The fourth-order valence-electron chi connectivity index (χ4n) is 7.70. The molecule has 2 aromatic carbocycles. The predicted octanol–water partition coefficient (Wildman–Crippen LogP) is 9.78. The van der Waals surface area contributed by atoms with E-state index in [1.807, 2.05) is 55.3 Å². The number of carbonyl (C=O) groups excluding carboxylic acids is 5. The van der Waals surface area contributed by atoms with E-state index in [9.17, 15) is 24.0 Å². The number of nitrogens with two attached hydrogens (primary N) is 1. The van der Waals surface area contributed by atoms with Crippen LogP contribution in [0.15, 0.2) is 66.7 Å². The van der Waals surface area contributed by atoms with Crippen molar-refractivity contribution in [1.29, 1.82) is 0 Å². The lowest BCUT2D eigenvalue weighted by Crippen LogP contribution is -2.16. The van der Waals surface area contributed by atoms with Crippen LogP contribution in [0.25, 0.3) is 28.2 Å². The average Bonchev–Trinajstić information content (AvgIpc) is 3.87. The second-order valence-corrected chi connectivity index (χ2v) is 16.4. The molecule has 2 aliphatic rings. The first-order valence-electron chi connectivity index (χ1n) is 22.6. The molecule has 3 aromatic heterocycles. The van der Waals surface area contributed by atoms with Crippen LogP contribution < -0.4 is 15.2 Å². The van der Waals surface area contributed by atoms with Gasteiger partial charge in [-0.2, -0.15) is 0 Å². The summed E-state index contributed by atoms with van der Waals surface area (Å²) >= 11 is 0. The Morgan fingerprint density at radius 1 is 0.708 bits per heavy atom. The first-order valence-corrected chi connectivity index (χ1v) is 22.6. The minimum atomic E-state index is -0.867. The smallest absolute Gasteiger partial charge is 0.379 e. The van der Waals surface area contributed by atoms with Crippen LogP contribution in [-0.2, 0) is 19.1 Å². The molecule has 15 nitrogen and oxygen atoms in total. The van der Waals surface area contributed by atoms with Crippen LogP contribution in [-0.4, -0.2) is 80.3 Å². The first-order chi connectivity index (χ1) is 31.3. The van der Waals surface area contributed by atoms with Gasteiger partial charge in [-0.1, -0.05) is 93.1 Å². The highest BCUT2D eigenvalue weighted by molar-refractivity contribution is 6.39. The van der Waals surface area contributed by atoms with E-state index < -0.39 is 17.7 Å². The number of ether oxygens (including phenoxy) is 4. The van der Waals surface area contributed by atoms with E-state index in [0.717, 1.165) is 72.2 Å². The number of benzene rings is 2. The van der Waals surface area contributed by atoms with Crippen LogP contribution in [0, 0.1) is 0 Å². The van der Waals surface area contributed by atoms with E-state index in [4.69, 9.17) is 30.0 Å². The number of anilines is 1. The van der Waals surface area contributed by atoms with Crippen molar-refractivity contribution in [2.45, 2.75) is 130 Å². The molecule has 5 aromatic rings. The number of hydrogen-bond donors (Lipinski definition) is 1. The summed E-state index contributed by atoms with van der Waals surface area (Å²) in [5, 5.41) is 10.1. The Morgan fingerprint density at radius 3 is 1.78 bits per heavy atom. The molecule has 0 aliphatic heterocycles. The number of hydrogen-bond acceptors (Lipinski definition) is 13. The first kappa shape index (κ1) is 49.4. The summed E-state index contributed by atoms with van der Waals surface area (Å²) in [6, 6.07) is 18.1. The molecule has 0 amide bonds. The number of fused-ring (bicyclic) bond motifs is 1. The molecule has 2 N–H and O–H groups in total. The van der Waals surface area contributed by atoms with Crippen molar-refractivity contribution in [2.24, 2.45) is 0 Å². The van der Waals surface area contributed by atoms with Gasteiger partial charge in [-0.05, 0) is 90.5 Å². The van der Waals surface area contributed by atoms with Crippen LogP contribution >= 0.6 is 0 Å². The van der Waals surface area contributed by atoms with Crippen molar-refractivity contribution in [3.8, 4) is 22.9 Å². The van der Waals surface area contributed by atoms with Gasteiger partial charge in [0.25, 0.3) is 5.78 Å². The highest BCUT2D eigenvalue weighted by atomic mass is 16.5. The molecule has 0 bridgehead atoms. The summed E-state index contributed by atoms with van der Waals surface area (Å²) in [6.07, 6.45) is 16.1. The fourth-order valence-corrected chi connectivity index (χ4v) is 7.70. The zero-order chi connectivity index (χ0) is 46.9. The van der Waals surface area contributed by atoms with Crippen molar-refractivity contribution >= 4 is 53.2 Å². The molecular weight excluding hydrogens is 829 g/mol. The van der Waals surface area contributed by atoms with E-state index in [1.165, 1.54) is 44.6 Å². The van der Waals surface area contributed by atoms with Gasteiger partial charge in [-0.15, -0.1) is 10.2 Å². The molecule has 3 heterocycles. The molecule has 0 unspecified atom stereocenters. The third-order valence-corrected chi connectivity index (χ3v) is 10.7. The maximum Gasteiger partial charge on any atom is 0.379 e. The second-order valence-electron chi connectivity index (χ2n) is 16.4. The molecule has 0 saturated heterocycles. The zero-order valence-electron chi connectivity index (χ0n) is 38.4. The largest absolute Gasteiger partial charge is 0.474 e. The van der Waals surface area contributed by atoms with E-state index in [-0.39, 0.29) is 37.2 Å². The molecule has 65 heavy (non-hydrogen) atoms. The SMILES string of the molecule is CC(C)Oc1cc(N)n(C2CCCCC2)n1.CCOC(=O)C(=O)/C=C/c1ccc(C=O)cc1.CCOC(=O)c1cc(-c2ccc(C=O)cc2)c2c(OC(C)C)nn(C3CCCCC3)c2n1. The van der Waals surface area contributed by atoms with Crippen molar-refractivity contribution in [1.82, 2.24) is 24.5 Å². The maximum absolute atomic E-state index is 12.7. The summed E-state index contributed by atoms with van der Waals surface area (Å²) in [4.78, 5) is 61.1. The highest BCUT2D eigenvalue weighted by Crippen LogP contribution is 2.39. The number of aldehydes is 2. The lowest BCUT2D eigenvalue weighted by atomic mass is 9.95. The van der Waals surface area contributed by atoms with E-state index in [1.54, 1.807) is 56.3 Å². The topological polar surface area (TPSA) is 197 Å². The number of carbonyl (C=O) groups is 5. The van der Waals surface area contributed by atoms with Crippen LogP contribution in [0.4, 0.5) is 5.82 Å². The normalized spacial score (nSPS) is 14.3. The van der Waals surface area contributed by atoms with Gasteiger partial charge >= 0.3 is 11.9 Å². The molecule has 2 saturated carbocycles. The number of nitrogen functional groups attached to an aromatic ring is 1. The third kappa shape index (κ3) is 13.9. The number of rotatable bonds is 15. The Hall–Kier alpha value is -6.64. The van der Waals surface area contributed by atoms with Gasteiger partial charge in [0, 0.05) is 22.8 Å². The summed E-state index contributed by atoms with van der Waals surface area (Å²) in [6.45, 7) is 11.8. The number of nitrogens with zero attached hydrogens (tertiary/aromatic N) is 5. The van der Waals surface area contributed by atoms with E-state index >= 15 is 0 Å². The van der Waals surface area contributed by atoms with Gasteiger partial charge < -0.3 is 24.7 Å². The van der Waals surface area contributed by atoms with Crippen LogP contribution in [0.1, 0.15) is 155 Å². The molecule has 0 atom stereocenters. The summed E-state index contributed by atoms with van der Waals surface area (Å²) in [5.74, 6) is -0.152. The van der Waals surface area contributed by atoms with Gasteiger partial charge in [0.05, 0.1) is 42.9 Å². The van der Waals surface area contributed by atoms with Gasteiger partial charge in [-0.25, -0.2) is 23.9 Å². The lowest BCUT2D eigenvalue weighted by molar-refractivity contribution is -0.151. The Balaban J connectivity index is 0.000000203. The van der Waals surface area contributed by atoms with E-state index in [2.05, 4.69) is 9.84 Å². The Labute approximate surface area is 380 Å². The maximum atomic E-state index is 12.7. The molecular formula is C50H62N6O9. The predicted molar refractivity (Wildman–Crippen MR) is 249 cm³/mol. The van der Waals surface area contributed by atoms with Gasteiger partial charge in [0.1, 0.15) is 18.4 Å². The Morgan fingerprint density at radius 2 is 1.25 bits per heavy atom. The molecule has 0 radical (unpaired) electrons. The second kappa shape index (κ2) is 24.4. The summed E-state index contributed by atoms with van der Waals surface area (Å²) in [7, 11) is 0. The summed E-state index contributed by atoms with van der Waals surface area (Å²) in [5.41, 5.74) is 10.3. The number of aromatic nitrogens is 5. The number of ketones is 1. The fraction of sp³-hybridized carbons (Fsp3) is 0.440. The molecule has 7 rings (SSSR count). The Kier molecular flexibility index (Phi) is 18.6. The molecule has 346 valence electrons. The van der Waals surface area contributed by atoms with E-state index in [0.29, 0.717) is 34.6 Å². The van der Waals surface area contributed by atoms with Crippen molar-refractivity contribution in [3.05, 3.63) is 89.1 Å². The summed E-state index contributed by atoms with van der Waals surface area (Å²) < 4.78 is 25.3. The monoisotopic (exact) mass is 890 g/mol. The number of esters is 2. The highest BCUT2D eigenvalue weighted by Gasteiger charge is 2.27. The van der Waals surface area contributed by atoms with Gasteiger partial charge in [0.15, 0.2) is 11.3 Å². The van der Waals surface area contributed by atoms with Gasteiger partial charge in [-0.3, -0.25) is 14.4 Å². The average molecular weight is 891 g/mol. The van der Waals surface area contributed by atoms with Crippen molar-refractivity contribution in [2.75, 3.05) is 18.9 Å². The van der Waals surface area contributed by atoms with Crippen molar-refractivity contribution < 1.29 is 42.9 Å². The lowest BCUT2D eigenvalue weighted by Gasteiger charge is -2.22. The Bertz CT molecular complexity index is 2390. The third-order valence-electron chi connectivity index (χ3n) is 10.7. The zero-order valence-corrected chi connectivity index (χ0v) is 38.4. The molecule has 0 spiro atoms. The van der Waals surface area contributed by atoms with Crippen LogP contribution in [0.2, 0.25) is 0 Å².